The van der Waals surface area contributed by atoms with Gasteiger partial charge in [-0.05, 0) is 91.6 Å². The quantitative estimate of drug-likeness (QED) is 0.338. The van der Waals surface area contributed by atoms with Gasteiger partial charge in [0.25, 0.3) is 0 Å². The summed E-state index contributed by atoms with van der Waals surface area (Å²) in [5.74, 6) is 0.507. The minimum atomic E-state index is -3.27. The third-order valence-electron chi connectivity index (χ3n) is 8.73. The van der Waals surface area contributed by atoms with Crippen LogP contribution in [-0.4, -0.2) is 55.9 Å². The van der Waals surface area contributed by atoms with Crippen LogP contribution in [0.15, 0.2) is 42.5 Å². The number of ether oxygens (including phenoxy) is 3. The van der Waals surface area contributed by atoms with Crippen LogP contribution in [0.3, 0.4) is 0 Å². The van der Waals surface area contributed by atoms with E-state index in [1.54, 1.807) is 12.1 Å². The number of carbonyl (C=O) groups is 1. The Morgan fingerprint density at radius 2 is 1.84 bits per heavy atom. The van der Waals surface area contributed by atoms with E-state index in [1.807, 2.05) is 38.1 Å². The molecule has 0 amide bonds. The first-order valence-corrected chi connectivity index (χ1v) is 16.5. The fourth-order valence-electron chi connectivity index (χ4n) is 6.81. The zero-order chi connectivity index (χ0) is 30.5. The van der Waals surface area contributed by atoms with Gasteiger partial charge in [0.15, 0.2) is 0 Å². The minimum absolute atomic E-state index is 0.00546. The van der Waals surface area contributed by atoms with E-state index in [9.17, 15) is 18.3 Å². The van der Waals surface area contributed by atoms with E-state index in [-0.39, 0.29) is 24.3 Å². The van der Waals surface area contributed by atoms with E-state index < -0.39 is 22.1 Å². The Kier molecular flexibility index (Phi) is 7.85. The highest BCUT2D eigenvalue weighted by molar-refractivity contribution is 7.88. The first-order valence-electron chi connectivity index (χ1n) is 14.7. The van der Waals surface area contributed by atoms with Crippen molar-refractivity contribution in [3.8, 4) is 28.4 Å². The maximum absolute atomic E-state index is 15.3. The number of benzene rings is 3. The van der Waals surface area contributed by atoms with Gasteiger partial charge in [-0.2, -0.15) is 4.31 Å². The van der Waals surface area contributed by atoms with Crippen molar-refractivity contribution in [2.75, 3.05) is 26.0 Å². The number of nitrogens with zero attached hydrogens (tertiary/aromatic N) is 1. The van der Waals surface area contributed by atoms with Gasteiger partial charge in [-0.25, -0.2) is 12.8 Å². The Bertz CT molecular complexity index is 1670. The normalized spacial score (nSPS) is 21.6. The number of sulfonamides is 1. The molecule has 2 aliphatic heterocycles. The molecule has 6 rings (SSSR count). The van der Waals surface area contributed by atoms with Crippen molar-refractivity contribution in [2.45, 2.75) is 64.1 Å². The van der Waals surface area contributed by atoms with Crippen LogP contribution in [0.4, 0.5) is 4.39 Å². The van der Waals surface area contributed by atoms with Crippen LogP contribution in [0.25, 0.3) is 11.1 Å². The summed E-state index contributed by atoms with van der Waals surface area (Å²) in [4.78, 5) is 11.2. The molecule has 1 saturated heterocycles. The zero-order valence-corrected chi connectivity index (χ0v) is 25.4. The predicted molar refractivity (Wildman–Crippen MR) is 160 cm³/mol. The molecule has 0 spiro atoms. The molecular weight excluding hydrogens is 573 g/mol. The van der Waals surface area contributed by atoms with Crippen molar-refractivity contribution in [3.05, 3.63) is 76.1 Å². The number of rotatable bonds is 8. The lowest BCUT2D eigenvalue weighted by Gasteiger charge is -2.31. The minimum Gasteiger partial charge on any atom is -0.492 e. The van der Waals surface area contributed by atoms with E-state index in [1.165, 1.54) is 16.6 Å². The highest BCUT2D eigenvalue weighted by Crippen LogP contribution is 2.45. The highest BCUT2D eigenvalue weighted by atomic mass is 32.2. The van der Waals surface area contributed by atoms with Crippen LogP contribution >= 0.6 is 0 Å². The molecule has 228 valence electrons. The number of hydrogen-bond acceptors (Lipinski definition) is 6. The fraction of sp³-hybridized carbons (Fsp3) is 0.424. The number of carboxylic acid groups (broad SMARTS) is 1. The molecule has 43 heavy (non-hydrogen) atoms. The molecule has 0 bridgehead atoms. The molecule has 8 nitrogen and oxygen atoms in total. The summed E-state index contributed by atoms with van der Waals surface area (Å²) in [5.41, 5.74) is 6.33. The smallest absolute Gasteiger partial charge is 0.304 e. The van der Waals surface area contributed by atoms with Crippen molar-refractivity contribution < 1.29 is 36.9 Å². The first-order chi connectivity index (χ1) is 20.5. The second-order valence-corrected chi connectivity index (χ2v) is 13.9. The molecule has 2 heterocycles. The summed E-state index contributed by atoms with van der Waals surface area (Å²) in [6, 6.07) is 12.7. The van der Waals surface area contributed by atoms with Crippen molar-refractivity contribution in [2.24, 2.45) is 0 Å². The average Bonchev–Trinajstić information content (AvgIpc) is 3.53. The molecule has 1 aliphatic carbocycles. The number of hydrogen-bond donors (Lipinski definition) is 1. The van der Waals surface area contributed by atoms with Crippen molar-refractivity contribution in [3.63, 3.8) is 0 Å². The fourth-order valence-corrected chi connectivity index (χ4v) is 7.71. The van der Waals surface area contributed by atoms with Gasteiger partial charge in [0.1, 0.15) is 35.3 Å². The Labute approximate surface area is 251 Å². The van der Waals surface area contributed by atoms with Crippen LogP contribution in [-0.2, 0) is 21.2 Å². The van der Waals surface area contributed by atoms with Crippen LogP contribution in [0, 0.1) is 19.7 Å². The third-order valence-corrected chi connectivity index (χ3v) is 10.0. The Morgan fingerprint density at radius 3 is 2.56 bits per heavy atom. The Balaban J connectivity index is 1.23. The lowest BCUT2D eigenvalue weighted by Crippen LogP contribution is -2.43. The highest BCUT2D eigenvalue weighted by Gasteiger charge is 2.33. The summed E-state index contributed by atoms with van der Waals surface area (Å²) in [7, 11) is -3.27. The molecule has 0 aromatic heterocycles. The lowest BCUT2D eigenvalue weighted by molar-refractivity contribution is -0.137. The molecule has 3 aromatic carbocycles. The average molecular weight is 610 g/mol. The molecule has 1 fully saturated rings. The van der Waals surface area contributed by atoms with E-state index >= 15 is 4.39 Å². The molecule has 3 atom stereocenters. The van der Waals surface area contributed by atoms with Gasteiger partial charge in [-0.1, -0.05) is 12.1 Å². The zero-order valence-electron chi connectivity index (χ0n) is 24.6. The SMILES string of the molecule is Cc1cc(OC2CCCN(S(C)(=O)=O)C2)cc(C)c1-c1ccc(F)c2c1CC[C@H]2Oc1ccc2c(c1)OCC2CC(=O)O. The van der Waals surface area contributed by atoms with Gasteiger partial charge in [0.2, 0.25) is 10.0 Å². The van der Waals surface area contributed by atoms with Gasteiger partial charge in [0, 0.05) is 29.7 Å². The summed E-state index contributed by atoms with van der Waals surface area (Å²) >= 11 is 0. The topological polar surface area (TPSA) is 102 Å². The largest absolute Gasteiger partial charge is 0.492 e. The molecule has 1 N–H and O–H groups in total. The molecule has 3 aliphatic rings. The summed E-state index contributed by atoms with van der Waals surface area (Å²) < 4.78 is 59.2. The third kappa shape index (κ3) is 5.95. The van der Waals surface area contributed by atoms with Gasteiger partial charge < -0.3 is 19.3 Å². The van der Waals surface area contributed by atoms with Gasteiger partial charge in [-0.15, -0.1) is 0 Å². The number of aliphatic carboxylic acids is 1. The van der Waals surface area contributed by atoms with Gasteiger partial charge in [-0.3, -0.25) is 4.79 Å². The maximum Gasteiger partial charge on any atom is 0.304 e. The monoisotopic (exact) mass is 609 g/mol. The predicted octanol–water partition coefficient (Wildman–Crippen LogP) is 5.93. The van der Waals surface area contributed by atoms with E-state index in [0.29, 0.717) is 55.4 Å². The number of piperidine rings is 1. The second-order valence-electron chi connectivity index (χ2n) is 11.9. The van der Waals surface area contributed by atoms with Gasteiger partial charge >= 0.3 is 5.97 Å². The molecule has 10 heteroatoms. The lowest BCUT2D eigenvalue weighted by atomic mass is 9.90. The standard InChI is InChI=1S/C33H36FNO7S/c1-19-13-24(41-23-5-4-12-35(17-23)43(3,38)39)14-20(2)32(19)26-8-10-28(34)33-27(26)9-11-29(33)42-22-6-7-25-21(15-31(36)37)18-40-30(25)16-22/h6-8,10,13-14,16,21,23,29H,4-5,9,11-12,15,17-18H2,1-3H3,(H,36,37)/t21?,23?,29-/m1/s1. The van der Waals surface area contributed by atoms with Crippen molar-refractivity contribution >= 4 is 16.0 Å². The molecule has 2 unspecified atom stereocenters. The van der Waals surface area contributed by atoms with E-state index in [0.717, 1.165) is 46.2 Å². The number of carboxylic acids is 1. The van der Waals surface area contributed by atoms with Crippen LogP contribution < -0.4 is 14.2 Å². The van der Waals surface area contributed by atoms with Gasteiger partial charge in [0.05, 0.1) is 25.8 Å². The van der Waals surface area contributed by atoms with Crippen molar-refractivity contribution in [1.29, 1.82) is 0 Å². The van der Waals surface area contributed by atoms with E-state index in [2.05, 4.69) is 0 Å². The maximum atomic E-state index is 15.3. The van der Waals surface area contributed by atoms with Crippen molar-refractivity contribution in [1.82, 2.24) is 4.31 Å². The van der Waals surface area contributed by atoms with Crippen LogP contribution in [0.1, 0.15) is 65.5 Å². The van der Waals surface area contributed by atoms with Crippen LogP contribution in [0.5, 0.6) is 17.2 Å². The first kappa shape index (κ1) is 29.4. The van der Waals surface area contributed by atoms with E-state index in [4.69, 9.17) is 14.2 Å². The second kappa shape index (κ2) is 11.5. The number of aryl methyl sites for hydroxylation is 2. The number of fused-ring (bicyclic) bond motifs is 2. The summed E-state index contributed by atoms with van der Waals surface area (Å²) in [6.45, 7) is 5.20. The molecular formula is C33H36FNO7S. The molecule has 0 saturated carbocycles. The molecule has 0 radical (unpaired) electrons. The Hall–Kier alpha value is -3.63. The summed E-state index contributed by atoms with van der Waals surface area (Å²) in [6.07, 6.45) is 3.39. The summed E-state index contributed by atoms with van der Waals surface area (Å²) in [5, 5.41) is 9.17. The van der Waals surface area contributed by atoms with Crippen LogP contribution in [0.2, 0.25) is 0 Å². The molecule has 3 aromatic rings. The Morgan fingerprint density at radius 1 is 1.07 bits per heavy atom. The number of halogens is 1.